The molecule has 1 aliphatic carbocycles. The van der Waals surface area contributed by atoms with E-state index in [9.17, 15) is 0 Å². The van der Waals surface area contributed by atoms with Gasteiger partial charge in [-0.05, 0) is 39.2 Å². The van der Waals surface area contributed by atoms with Crippen molar-refractivity contribution in [1.82, 2.24) is 9.88 Å². The average Bonchev–Trinajstić information content (AvgIpc) is 3.13. The van der Waals surface area contributed by atoms with Gasteiger partial charge in [0.25, 0.3) is 0 Å². The molecule has 2 N–H and O–H groups in total. The first-order valence-corrected chi connectivity index (χ1v) is 7.82. The van der Waals surface area contributed by atoms with E-state index in [2.05, 4.69) is 30.8 Å². The normalized spacial score (nSPS) is 19.2. The second-order valence-corrected chi connectivity index (χ2v) is 6.49. The molecule has 0 aromatic carbocycles. The molecule has 1 unspecified atom stereocenters. The van der Waals surface area contributed by atoms with Crippen molar-refractivity contribution in [3.63, 3.8) is 0 Å². The summed E-state index contributed by atoms with van der Waals surface area (Å²) in [6.45, 7) is 6.13. The predicted octanol–water partition coefficient (Wildman–Crippen LogP) is 2.79. The van der Waals surface area contributed by atoms with Crippen molar-refractivity contribution < 1.29 is 0 Å². The molecule has 3 nitrogen and oxygen atoms in total. The highest BCUT2D eigenvalue weighted by atomic mass is 32.1. The molecular formula is C14H25N3S. The first-order chi connectivity index (χ1) is 8.64. The molecule has 1 saturated carbocycles. The van der Waals surface area contributed by atoms with Crippen LogP contribution in [-0.4, -0.2) is 29.0 Å². The van der Waals surface area contributed by atoms with E-state index in [0.717, 1.165) is 19.0 Å². The minimum Gasteiger partial charge on any atom is -0.329 e. The van der Waals surface area contributed by atoms with Crippen LogP contribution in [0.5, 0.6) is 0 Å². The van der Waals surface area contributed by atoms with E-state index in [1.165, 1.54) is 36.3 Å². The molecule has 1 aliphatic rings. The zero-order valence-corrected chi connectivity index (χ0v) is 12.6. The molecule has 4 heteroatoms. The van der Waals surface area contributed by atoms with E-state index < -0.39 is 0 Å². The second-order valence-electron chi connectivity index (χ2n) is 5.55. The Morgan fingerprint density at radius 2 is 2.28 bits per heavy atom. The van der Waals surface area contributed by atoms with Gasteiger partial charge < -0.3 is 5.73 Å². The largest absolute Gasteiger partial charge is 0.329 e. The topological polar surface area (TPSA) is 42.1 Å². The van der Waals surface area contributed by atoms with Crippen molar-refractivity contribution in [2.75, 3.05) is 13.6 Å². The van der Waals surface area contributed by atoms with Crippen LogP contribution in [0.4, 0.5) is 0 Å². The summed E-state index contributed by atoms with van der Waals surface area (Å²) in [5.41, 5.74) is 9.48. The highest BCUT2D eigenvalue weighted by molar-refractivity contribution is 7.09. The van der Waals surface area contributed by atoms with Gasteiger partial charge in [-0.15, -0.1) is 11.3 Å². The second kappa shape index (κ2) is 5.68. The van der Waals surface area contributed by atoms with Gasteiger partial charge in [0.2, 0.25) is 0 Å². The van der Waals surface area contributed by atoms with Crippen LogP contribution in [0.15, 0.2) is 5.51 Å². The van der Waals surface area contributed by atoms with Crippen LogP contribution in [0.2, 0.25) is 0 Å². The monoisotopic (exact) mass is 267 g/mol. The number of hydrogen-bond donors (Lipinski definition) is 1. The fourth-order valence-corrected chi connectivity index (χ4v) is 3.87. The van der Waals surface area contributed by atoms with Gasteiger partial charge in [0.15, 0.2) is 0 Å². The number of nitrogens with zero attached hydrogens (tertiary/aromatic N) is 2. The van der Waals surface area contributed by atoms with Crippen molar-refractivity contribution in [1.29, 1.82) is 0 Å². The SMILES string of the molecule is CCCC(CN)(C1CC1)N(C)Cc1scnc1C. The zero-order valence-electron chi connectivity index (χ0n) is 11.8. The Labute approximate surface area is 114 Å². The number of likely N-dealkylation sites (N-methyl/N-ethyl adjacent to an activating group) is 1. The summed E-state index contributed by atoms with van der Waals surface area (Å²) in [6, 6.07) is 0. The highest BCUT2D eigenvalue weighted by Crippen LogP contribution is 2.45. The Bertz CT molecular complexity index is 386. The molecule has 18 heavy (non-hydrogen) atoms. The van der Waals surface area contributed by atoms with Crippen LogP contribution in [0.3, 0.4) is 0 Å². The van der Waals surface area contributed by atoms with Crippen molar-refractivity contribution in [3.8, 4) is 0 Å². The number of thiazole rings is 1. The third kappa shape index (κ3) is 2.60. The van der Waals surface area contributed by atoms with Crippen LogP contribution in [-0.2, 0) is 6.54 Å². The van der Waals surface area contributed by atoms with Gasteiger partial charge in [0.05, 0.1) is 11.2 Å². The maximum Gasteiger partial charge on any atom is 0.0798 e. The number of aromatic nitrogens is 1. The minimum atomic E-state index is 0.213. The highest BCUT2D eigenvalue weighted by Gasteiger charge is 2.46. The summed E-state index contributed by atoms with van der Waals surface area (Å²) >= 11 is 1.76. The summed E-state index contributed by atoms with van der Waals surface area (Å²) in [4.78, 5) is 8.22. The van der Waals surface area contributed by atoms with Gasteiger partial charge in [0.1, 0.15) is 0 Å². The molecule has 2 rings (SSSR count). The molecule has 1 atom stereocenters. The smallest absolute Gasteiger partial charge is 0.0798 e. The first-order valence-electron chi connectivity index (χ1n) is 6.94. The number of rotatable bonds is 7. The zero-order chi connectivity index (χ0) is 13.2. The quantitative estimate of drug-likeness (QED) is 0.826. The summed E-state index contributed by atoms with van der Waals surface area (Å²) in [7, 11) is 2.24. The Kier molecular flexibility index (Phi) is 4.41. The van der Waals surface area contributed by atoms with Gasteiger partial charge in [-0.2, -0.15) is 0 Å². The van der Waals surface area contributed by atoms with Crippen LogP contribution in [0.25, 0.3) is 0 Å². The Balaban J connectivity index is 2.12. The van der Waals surface area contributed by atoms with E-state index in [1.807, 2.05) is 5.51 Å². The van der Waals surface area contributed by atoms with Gasteiger partial charge in [-0.1, -0.05) is 13.3 Å². The molecule has 0 radical (unpaired) electrons. The van der Waals surface area contributed by atoms with E-state index in [4.69, 9.17) is 5.73 Å². The maximum absolute atomic E-state index is 6.15. The van der Waals surface area contributed by atoms with Gasteiger partial charge >= 0.3 is 0 Å². The molecule has 1 aromatic heterocycles. The average molecular weight is 267 g/mol. The lowest BCUT2D eigenvalue weighted by Crippen LogP contribution is -2.53. The third-order valence-electron chi connectivity index (χ3n) is 4.36. The first kappa shape index (κ1) is 14.0. The Hall–Kier alpha value is -0.450. The molecule has 102 valence electrons. The van der Waals surface area contributed by atoms with Crippen LogP contribution < -0.4 is 5.73 Å². The van der Waals surface area contributed by atoms with Gasteiger partial charge in [-0.3, -0.25) is 4.90 Å². The molecular weight excluding hydrogens is 242 g/mol. The molecule has 0 spiro atoms. The summed E-state index contributed by atoms with van der Waals surface area (Å²) in [6.07, 6.45) is 5.12. The summed E-state index contributed by atoms with van der Waals surface area (Å²) in [5, 5.41) is 0. The molecule has 0 aliphatic heterocycles. The van der Waals surface area contributed by atoms with Crippen molar-refractivity contribution in [2.45, 2.75) is 51.6 Å². The standard InChI is InChI=1S/C14H25N3S/c1-4-7-14(9-15,12-5-6-12)17(3)8-13-11(2)16-10-18-13/h10,12H,4-9,15H2,1-3H3. The summed E-state index contributed by atoms with van der Waals surface area (Å²) in [5.74, 6) is 0.806. The number of hydrogen-bond acceptors (Lipinski definition) is 4. The summed E-state index contributed by atoms with van der Waals surface area (Å²) < 4.78 is 0. The van der Waals surface area contributed by atoms with Crippen LogP contribution >= 0.6 is 11.3 Å². The predicted molar refractivity (Wildman–Crippen MR) is 77.7 cm³/mol. The van der Waals surface area contributed by atoms with E-state index in [1.54, 1.807) is 11.3 Å². The lowest BCUT2D eigenvalue weighted by atomic mass is 9.86. The molecule has 1 aromatic rings. The molecule has 0 saturated heterocycles. The number of nitrogens with two attached hydrogens (primary N) is 1. The van der Waals surface area contributed by atoms with Crippen LogP contribution in [0.1, 0.15) is 43.2 Å². The number of aryl methyl sites for hydroxylation is 1. The lowest BCUT2D eigenvalue weighted by molar-refractivity contribution is 0.0839. The fourth-order valence-electron chi connectivity index (χ4n) is 3.04. The van der Waals surface area contributed by atoms with E-state index in [0.29, 0.717) is 0 Å². The fraction of sp³-hybridized carbons (Fsp3) is 0.786. The minimum absolute atomic E-state index is 0.213. The maximum atomic E-state index is 6.15. The Morgan fingerprint density at radius 3 is 2.72 bits per heavy atom. The molecule has 1 fully saturated rings. The van der Waals surface area contributed by atoms with E-state index >= 15 is 0 Å². The third-order valence-corrected chi connectivity index (χ3v) is 5.28. The lowest BCUT2D eigenvalue weighted by Gasteiger charge is -2.42. The van der Waals surface area contributed by atoms with Gasteiger partial charge in [-0.25, -0.2) is 4.98 Å². The van der Waals surface area contributed by atoms with Gasteiger partial charge in [0, 0.05) is 23.5 Å². The van der Waals surface area contributed by atoms with Crippen LogP contribution in [0, 0.1) is 12.8 Å². The van der Waals surface area contributed by atoms with Crippen molar-refractivity contribution >= 4 is 11.3 Å². The Morgan fingerprint density at radius 1 is 1.56 bits per heavy atom. The molecule has 0 amide bonds. The van der Waals surface area contributed by atoms with E-state index in [-0.39, 0.29) is 5.54 Å². The van der Waals surface area contributed by atoms with Crippen molar-refractivity contribution in [3.05, 3.63) is 16.1 Å². The molecule has 1 heterocycles. The molecule has 0 bridgehead atoms. The van der Waals surface area contributed by atoms with Crippen molar-refractivity contribution in [2.24, 2.45) is 11.7 Å².